The van der Waals surface area contributed by atoms with E-state index in [2.05, 4.69) is 15.0 Å². The zero-order chi connectivity index (χ0) is 16.1. The number of carbonyl (C=O) groups excluding carboxylic acids is 1. The number of aromatic amines is 1. The van der Waals surface area contributed by atoms with Crippen LogP contribution in [-0.4, -0.2) is 56.5 Å². The lowest BCUT2D eigenvalue weighted by Gasteiger charge is -2.09. The number of imidazole rings is 1. The number of aliphatic hydroxyl groups excluding tert-OH is 1. The predicted molar refractivity (Wildman–Crippen MR) is 74.5 cm³/mol. The highest BCUT2D eigenvalue weighted by Gasteiger charge is 2.13. The fraction of sp³-hybridized carbons (Fsp3) is 0.455. The van der Waals surface area contributed by atoms with Crippen molar-refractivity contribution in [3.8, 4) is 0 Å². The number of nitrogens with zero attached hydrogens (tertiary/aromatic N) is 3. The normalized spacial score (nSPS) is 12.5. The van der Waals surface area contributed by atoms with Gasteiger partial charge in [0.05, 0.1) is 19.5 Å². The summed E-state index contributed by atoms with van der Waals surface area (Å²) < 4.78 is 11.5. The van der Waals surface area contributed by atoms with Gasteiger partial charge in [0.1, 0.15) is 19.4 Å². The number of hydrogen-bond donors (Lipinski definition) is 4. The van der Waals surface area contributed by atoms with Crippen molar-refractivity contribution < 1.29 is 19.4 Å². The number of rotatable bonds is 7. The number of aromatic nitrogens is 4. The first kappa shape index (κ1) is 15.9. The van der Waals surface area contributed by atoms with Crippen LogP contribution in [0.25, 0.3) is 11.2 Å². The average Bonchev–Trinajstić information content (AvgIpc) is 2.89. The molecule has 1 atom stereocenters. The van der Waals surface area contributed by atoms with Crippen LogP contribution in [-0.2, 0) is 21.0 Å². The minimum absolute atomic E-state index is 0.0185. The molecule has 2 aromatic heterocycles. The van der Waals surface area contributed by atoms with Gasteiger partial charge in [0.2, 0.25) is 5.95 Å². The van der Waals surface area contributed by atoms with Crippen LogP contribution in [0.5, 0.6) is 0 Å². The highest BCUT2D eigenvalue weighted by molar-refractivity contribution is 5.75. The molecule has 2 heterocycles. The second kappa shape index (κ2) is 6.98. The van der Waals surface area contributed by atoms with Crippen LogP contribution >= 0.6 is 0 Å². The first-order valence-corrected chi connectivity index (χ1v) is 6.34. The summed E-state index contributed by atoms with van der Waals surface area (Å²) >= 11 is 0. The lowest BCUT2D eigenvalue weighted by atomic mass is 10.3. The Kier molecular flexibility index (Phi) is 5.04. The van der Waals surface area contributed by atoms with Crippen molar-refractivity contribution in [3.05, 3.63) is 16.7 Å². The highest BCUT2D eigenvalue weighted by Crippen LogP contribution is 2.06. The molecule has 1 unspecified atom stereocenters. The van der Waals surface area contributed by atoms with Gasteiger partial charge in [-0.3, -0.25) is 19.1 Å². The zero-order valence-corrected chi connectivity index (χ0v) is 11.6. The molecule has 120 valence electrons. The molecule has 0 bridgehead atoms. The number of nitrogens with two attached hydrogens (primary N) is 2. The molecule has 0 saturated heterocycles. The lowest BCUT2D eigenvalue weighted by molar-refractivity contribution is -0.148. The molecule has 0 saturated carbocycles. The molecule has 0 amide bonds. The van der Waals surface area contributed by atoms with E-state index in [0.29, 0.717) is 5.65 Å². The summed E-state index contributed by atoms with van der Waals surface area (Å²) in [6.07, 6.45) is 1.39. The highest BCUT2D eigenvalue weighted by atomic mass is 16.6. The largest absolute Gasteiger partial charge is 0.462 e. The van der Waals surface area contributed by atoms with Gasteiger partial charge in [-0.25, -0.2) is 4.98 Å². The monoisotopic (exact) mass is 312 g/mol. The fourth-order valence-electron chi connectivity index (χ4n) is 1.61. The summed E-state index contributed by atoms with van der Waals surface area (Å²) in [5.74, 6) is -0.730. The molecule has 0 aliphatic rings. The summed E-state index contributed by atoms with van der Waals surface area (Å²) in [5.41, 5.74) is 10.7. The fourth-order valence-corrected chi connectivity index (χ4v) is 1.61. The van der Waals surface area contributed by atoms with E-state index in [9.17, 15) is 9.59 Å². The molecule has 0 spiro atoms. The van der Waals surface area contributed by atoms with Gasteiger partial charge in [-0.1, -0.05) is 0 Å². The van der Waals surface area contributed by atoms with Gasteiger partial charge in [-0.15, -0.1) is 0 Å². The molecule has 0 radical (unpaired) electrons. The third-order valence-electron chi connectivity index (χ3n) is 2.69. The number of nitrogen functional groups attached to an aromatic ring is 1. The van der Waals surface area contributed by atoms with E-state index < -0.39 is 24.2 Å². The van der Waals surface area contributed by atoms with Crippen LogP contribution in [0.2, 0.25) is 0 Å². The molecular formula is C11H16N6O5. The first-order valence-electron chi connectivity index (χ1n) is 6.34. The second-order valence-electron chi connectivity index (χ2n) is 4.33. The van der Waals surface area contributed by atoms with Gasteiger partial charge >= 0.3 is 5.97 Å². The summed E-state index contributed by atoms with van der Waals surface area (Å²) in [4.78, 5) is 33.0. The van der Waals surface area contributed by atoms with E-state index >= 15 is 0 Å². The molecule has 11 heteroatoms. The Balaban J connectivity index is 1.86. The van der Waals surface area contributed by atoms with Gasteiger partial charge in [0.15, 0.2) is 11.2 Å². The molecule has 0 aromatic carbocycles. The molecule has 11 nitrogen and oxygen atoms in total. The Morgan fingerprint density at radius 3 is 3.00 bits per heavy atom. The van der Waals surface area contributed by atoms with E-state index in [1.54, 1.807) is 0 Å². The van der Waals surface area contributed by atoms with E-state index in [1.165, 1.54) is 10.9 Å². The number of H-pyrrole nitrogens is 1. The molecule has 6 N–H and O–H groups in total. The van der Waals surface area contributed by atoms with Crippen LogP contribution in [0, 0.1) is 0 Å². The van der Waals surface area contributed by atoms with Crippen LogP contribution < -0.4 is 17.0 Å². The Labute approximate surface area is 123 Å². The smallest absolute Gasteiger partial charge is 0.325 e. The van der Waals surface area contributed by atoms with Crippen molar-refractivity contribution in [2.24, 2.45) is 5.73 Å². The predicted octanol–water partition coefficient (Wildman–Crippen LogP) is -2.46. The lowest BCUT2D eigenvalue weighted by Crippen LogP contribution is -2.36. The molecule has 2 aromatic rings. The Morgan fingerprint density at radius 2 is 2.27 bits per heavy atom. The summed E-state index contributed by atoms with van der Waals surface area (Å²) in [5, 5.41) is 8.67. The van der Waals surface area contributed by atoms with Crippen molar-refractivity contribution in [3.63, 3.8) is 0 Å². The Hall–Kier alpha value is -2.50. The molecule has 2 rings (SSSR count). The molecule has 0 fully saturated rings. The topological polar surface area (TPSA) is 171 Å². The van der Waals surface area contributed by atoms with Gasteiger partial charge in [0.25, 0.3) is 5.56 Å². The van der Waals surface area contributed by atoms with Crippen molar-refractivity contribution in [2.75, 3.05) is 25.6 Å². The number of hydrogen-bond acceptors (Lipinski definition) is 9. The molecule has 0 aliphatic heterocycles. The molecular weight excluding hydrogens is 296 g/mol. The van der Waals surface area contributed by atoms with Crippen molar-refractivity contribution in [1.82, 2.24) is 19.5 Å². The standard InChI is InChI=1S/C11H16N6O5/c12-6(3-18)10(20)22-2-1-21-5-17-4-14-7-8(17)15-11(13)16-9(7)19/h4,6,18H,1-3,5,12H2,(H3,13,15,16,19). The summed E-state index contributed by atoms with van der Waals surface area (Å²) in [6.45, 7) is -0.351. The zero-order valence-electron chi connectivity index (χ0n) is 11.6. The second-order valence-corrected chi connectivity index (χ2v) is 4.33. The quantitative estimate of drug-likeness (QED) is 0.319. The van der Waals surface area contributed by atoms with Crippen molar-refractivity contribution >= 4 is 23.1 Å². The van der Waals surface area contributed by atoms with Crippen LogP contribution in [0.3, 0.4) is 0 Å². The SMILES string of the molecule is Nc1nc2c(ncn2COCCOC(=O)C(N)CO)c(=O)[nH]1. The first-order chi connectivity index (χ1) is 10.5. The van der Waals surface area contributed by atoms with Gasteiger partial charge < -0.3 is 26.0 Å². The number of fused-ring (bicyclic) bond motifs is 1. The van der Waals surface area contributed by atoms with E-state index in [0.717, 1.165) is 0 Å². The maximum atomic E-state index is 11.6. The van der Waals surface area contributed by atoms with Gasteiger partial charge in [-0.2, -0.15) is 4.98 Å². The van der Waals surface area contributed by atoms with Gasteiger partial charge in [0, 0.05) is 0 Å². The van der Waals surface area contributed by atoms with Crippen molar-refractivity contribution in [1.29, 1.82) is 0 Å². The van der Waals surface area contributed by atoms with Crippen LogP contribution in [0.4, 0.5) is 5.95 Å². The minimum Gasteiger partial charge on any atom is -0.462 e. The van der Waals surface area contributed by atoms with Gasteiger partial charge in [-0.05, 0) is 0 Å². The van der Waals surface area contributed by atoms with E-state index in [-0.39, 0.29) is 31.4 Å². The number of carbonyl (C=O) groups is 1. The number of nitrogens with one attached hydrogen (secondary N) is 1. The summed E-state index contributed by atoms with van der Waals surface area (Å²) in [7, 11) is 0. The van der Waals surface area contributed by atoms with E-state index in [4.69, 9.17) is 26.0 Å². The third-order valence-corrected chi connectivity index (χ3v) is 2.69. The number of aliphatic hydroxyl groups is 1. The average molecular weight is 312 g/mol. The van der Waals surface area contributed by atoms with Crippen LogP contribution in [0.15, 0.2) is 11.1 Å². The summed E-state index contributed by atoms with van der Waals surface area (Å²) in [6, 6.07) is -1.06. The molecule has 0 aliphatic carbocycles. The maximum Gasteiger partial charge on any atom is 0.325 e. The number of ether oxygens (including phenoxy) is 2. The van der Waals surface area contributed by atoms with Crippen molar-refractivity contribution in [2.45, 2.75) is 12.8 Å². The van der Waals surface area contributed by atoms with E-state index in [1.807, 2.05) is 0 Å². The maximum absolute atomic E-state index is 11.6. The number of esters is 1. The third kappa shape index (κ3) is 3.58. The Bertz CT molecular complexity index is 711. The number of anilines is 1. The van der Waals surface area contributed by atoms with Crippen LogP contribution in [0.1, 0.15) is 0 Å². The minimum atomic E-state index is -1.06. The Morgan fingerprint density at radius 1 is 1.50 bits per heavy atom. The molecule has 22 heavy (non-hydrogen) atoms.